The molecule has 2 N–H and O–H groups in total. The number of halogens is 1. The molecule has 0 aliphatic carbocycles. The van der Waals surface area contributed by atoms with Crippen molar-refractivity contribution < 1.29 is 14.0 Å². The number of amides is 2. The Labute approximate surface area is 150 Å². The molecule has 3 aromatic rings. The average molecular weight is 373 g/mol. The number of hydrogen-bond acceptors (Lipinski definition) is 5. The van der Waals surface area contributed by atoms with Gasteiger partial charge in [0, 0.05) is 22.6 Å². The Morgan fingerprint density at radius 3 is 3.00 bits per heavy atom. The Morgan fingerprint density at radius 2 is 2.12 bits per heavy atom. The Kier molecular flexibility index (Phi) is 4.14. The normalized spacial score (nSPS) is 13.9. The fourth-order valence-electron chi connectivity index (χ4n) is 2.48. The fraction of sp³-hybridized carbons (Fsp3) is 0.118. The van der Waals surface area contributed by atoms with Crippen LogP contribution in [0.4, 0.5) is 15.2 Å². The second kappa shape index (κ2) is 6.45. The molecule has 1 aromatic heterocycles. The molecule has 5 nitrogen and oxygen atoms in total. The van der Waals surface area contributed by atoms with Gasteiger partial charge in [-0.3, -0.25) is 14.9 Å². The van der Waals surface area contributed by atoms with Crippen LogP contribution in [0.3, 0.4) is 0 Å². The molecule has 0 unspecified atom stereocenters. The highest BCUT2D eigenvalue weighted by atomic mass is 32.2. The summed E-state index contributed by atoms with van der Waals surface area (Å²) in [6, 6.07) is 9.50. The van der Waals surface area contributed by atoms with Gasteiger partial charge in [-0.25, -0.2) is 9.37 Å². The smallest absolute Gasteiger partial charge is 0.257 e. The van der Waals surface area contributed by atoms with Gasteiger partial charge in [-0.1, -0.05) is 11.3 Å². The highest BCUT2D eigenvalue weighted by molar-refractivity contribution is 7.99. The average Bonchev–Trinajstić information content (AvgIpc) is 2.86. The van der Waals surface area contributed by atoms with E-state index in [9.17, 15) is 14.0 Å². The van der Waals surface area contributed by atoms with Crippen LogP contribution >= 0.6 is 23.1 Å². The molecule has 0 bridgehead atoms. The molecule has 1 aliphatic rings. The van der Waals surface area contributed by atoms with Gasteiger partial charge >= 0.3 is 0 Å². The lowest BCUT2D eigenvalue weighted by Gasteiger charge is -2.08. The van der Waals surface area contributed by atoms with E-state index in [4.69, 9.17) is 0 Å². The largest absolute Gasteiger partial charge is 0.325 e. The summed E-state index contributed by atoms with van der Waals surface area (Å²) in [6.07, 6.45) is 0.448. The Balaban J connectivity index is 1.59. The Morgan fingerprint density at radius 1 is 1.24 bits per heavy atom. The molecule has 0 saturated carbocycles. The lowest BCUT2D eigenvalue weighted by atomic mass is 10.2. The third-order valence-corrected chi connectivity index (χ3v) is 5.68. The summed E-state index contributed by atoms with van der Waals surface area (Å²) >= 11 is 2.79. The highest BCUT2D eigenvalue weighted by Gasteiger charge is 2.16. The summed E-state index contributed by atoms with van der Waals surface area (Å²) in [5.41, 5.74) is 1.70. The number of anilines is 2. The van der Waals surface area contributed by atoms with Gasteiger partial charge in [0.2, 0.25) is 5.91 Å². The number of thioether (sulfide) groups is 1. The Bertz CT molecular complexity index is 1000. The molecule has 1 aliphatic heterocycles. The van der Waals surface area contributed by atoms with Crippen molar-refractivity contribution >= 4 is 55.9 Å². The van der Waals surface area contributed by atoms with Crippen molar-refractivity contribution in [3.63, 3.8) is 0 Å². The summed E-state index contributed by atoms with van der Waals surface area (Å²) in [6.45, 7) is 0. The minimum Gasteiger partial charge on any atom is -0.325 e. The van der Waals surface area contributed by atoms with E-state index in [1.807, 2.05) is 6.07 Å². The number of nitrogens with zero attached hydrogens (tertiary/aromatic N) is 1. The molecule has 8 heteroatoms. The predicted molar refractivity (Wildman–Crippen MR) is 97.9 cm³/mol. The predicted octanol–water partition coefficient (Wildman–Crippen LogP) is 4.12. The van der Waals surface area contributed by atoms with E-state index in [0.717, 1.165) is 4.90 Å². The lowest BCUT2D eigenvalue weighted by molar-refractivity contribution is -0.115. The van der Waals surface area contributed by atoms with Gasteiger partial charge in [-0.05, 0) is 36.4 Å². The standard InChI is InChI=1S/C17H12FN3O2S2/c18-10-2-3-11-14(8-10)25-17(20-11)21-16(23)9-1-4-13-12(7-9)19-15(22)5-6-24-13/h1-4,7-8H,5-6H2,(H,19,22)(H,20,21,23). The van der Waals surface area contributed by atoms with Gasteiger partial charge in [-0.15, -0.1) is 11.8 Å². The van der Waals surface area contributed by atoms with Crippen LogP contribution < -0.4 is 10.6 Å². The second-order valence-electron chi connectivity index (χ2n) is 5.44. The van der Waals surface area contributed by atoms with Crippen molar-refractivity contribution in [2.24, 2.45) is 0 Å². The number of carbonyl (C=O) groups is 2. The van der Waals surface area contributed by atoms with Crippen molar-refractivity contribution in [3.8, 4) is 0 Å². The maximum atomic E-state index is 13.3. The van der Waals surface area contributed by atoms with Gasteiger partial charge < -0.3 is 5.32 Å². The maximum Gasteiger partial charge on any atom is 0.257 e. The number of hydrogen-bond donors (Lipinski definition) is 2. The van der Waals surface area contributed by atoms with Crippen LogP contribution in [0.25, 0.3) is 10.2 Å². The maximum absolute atomic E-state index is 13.3. The zero-order valence-electron chi connectivity index (χ0n) is 12.8. The molecular weight excluding hydrogens is 361 g/mol. The van der Waals surface area contributed by atoms with Crippen LogP contribution in [-0.4, -0.2) is 22.6 Å². The topological polar surface area (TPSA) is 71.1 Å². The molecule has 0 atom stereocenters. The fourth-order valence-corrected chi connectivity index (χ4v) is 4.31. The van der Waals surface area contributed by atoms with Gasteiger partial charge in [0.05, 0.1) is 15.9 Å². The van der Waals surface area contributed by atoms with Crippen molar-refractivity contribution in [2.75, 3.05) is 16.4 Å². The summed E-state index contributed by atoms with van der Waals surface area (Å²) in [5.74, 6) is -0.0111. The SMILES string of the molecule is O=C1CCSc2ccc(C(=O)Nc3nc4ccc(F)cc4s3)cc2N1. The van der Waals surface area contributed by atoms with Crippen LogP contribution in [-0.2, 0) is 4.79 Å². The molecule has 2 aromatic carbocycles. The van der Waals surface area contributed by atoms with Crippen molar-refractivity contribution in [2.45, 2.75) is 11.3 Å². The minimum absolute atomic E-state index is 0.0583. The van der Waals surface area contributed by atoms with E-state index in [-0.39, 0.29) is 17.6 Å². The summed E-state index contributed by atoms with van der Waals surface area (Å²) in [7, 11) is 0. The second-order valence-corrected chi connectivity index (χ2v) is 7.61. The minimum atomic E-state index is -0.340. The number of rotatable bonds is 2. The summed E-state index contributed by atoms with van der Waals surface area (Å²) in [4.78, 5) is 29.4. The van der Waals surface area contributed by atoms with E-state index < -0.39 is 0 Å². The van der Waals surface area contributed by atoms with Crippen LogP contribution in [0.1, 0.15) is 16.8 Å². The zero-order valence-corrected chi connectivity index (χ0v) is 14.5. The van der Waals surface area contributed by atoms with E-state index >= 15 is 0 Å². The molecule has 2 heterocycles. The molecule has 2 amide bonds. The van der Waals surface area contributed by atoms with E-state index in [1.54, 1.807) is 30.0 Å². The van der Waals surface area contributed by atoms with Gasteiger partial charge in [0.25, 0.3) is 5.91 Å². The summed E-state index contributed by atoms with van der Waals surface area (Å²) in [5, 5.41) is 5.94. The monoisotopic (exact) mass is 373 g/mol. The van der Waals surface area contributed by atoms with E-state index in [1.165, 1.54) is 23.5 Å². The third-order valence-electron chi connectivity index (χ3n) is 3.67. The van der Waals surface area contributed by atoms with Gasteiger partial charge in [0.1, 0.15) is 5.82 Å². The first-order valence-electron chi connectivity index (χ1n) is 7.53. The van der Waals surface area contributed by atoms with Crippen LogP contribution in [0, 0.1) is 5.82 Å². The number of thiazole rings is 1. The molecule has 0 saturated heterocycles. The number of carbonyl (C=O) groups excluding carboxylic acids is 2. The van der Waals surface area contributed by atoms with E-state index in [0.29, 0.717) is 38.8 Å². The number of fused-ring (bicyclic) bond motifs is 2. The first-order valence-corrected chi connectivity index (χ1v) is 9.33. The van der Waals surface area contributed by atoms with Gasteiger partial charge in [-0.2, -0.15) is 0 Å². The van der Waals surface area contributed by atoms with E-state index in [2.05, 4.69) is 15.6 Å². The number of nitrogens with one attached hydrogen (secondary N) is 2. The van der Waals surface area contributed by atoms with Crippen molar-refractivity contribution in [1.82, 2.24) is 4.98 Å². The first kappa shape index (κ1) is 16.0. The van der Waals surface area contributed by atoms with Crippen LogP contribution in [0.5, 0.6) is 0 Å². The molecule has 4 rings (SSSR count). The Hall–Kier alpha value is -2.45. The molecule has 126 valence electrons. The van der Waals surface area contributed by atoms with Crippen LogP contribution in [0.15, 0.2) is 41.3 Å². The molecule has 0 fully saturated rings. The quantitative estimate of drug-likeness (QED) is 0.709. The molecule has 0 radical (unpaired) electrons. The van der Waals surface area contributed by atoms with Crippen LogP contribution in [0.2, 0.25) is 0 Å². The zero-order chi connectivity index (χ0) is 17.4. The first-order chi connectivity index (χ1) is 12.1. The molecule has 0 spiro atoms. The number of benzene rings is 2. The molecule has 25 heavy (non-hydrogen) atoms. The highest BCUT2D eigenvalue weighted by Crippen LogP contribution is 2.32. The summed E-state index contributed by atoms with van der Waals surface area (Å²) < 4.78 is 13.9. The third kappa shape index (κ3) is 3.35. The lowest BCUT2D eigenvalue weighted by Crippen LogP contribution is -2.14. The van der Waals surface area contributed by atoms with Crippen molar-refractivity contribution in [1.29, 1.82) is 0 Å². The molecular formula is C17H12FN3O2S2. The van der Waals surface area contributed by atoms with Crippen molar-refractivity contribution in [3.05, 3.63) is 47.8 Å². The van der Waals surface area contributed by atoms with Gasteiger partial charge in [0.15, 0.2) is 5.13 Å². The number of aromatic nitrogens is 1.